The van der Waals surface area contributed by atoms with Gasteiger partial charge in [-0.15, -0.1) is 0 Å². The Morgan fingerprint density at radius 1 is 1.50 bits per heavy atom. The predicted octanol–water partition coefficient (Wildman–Crippen LogP) is 1.58. The summed E-state index contributed by atoms with van der Waals surface area (Å²) < 4.78 is 0. The highest BCUT2D eigenvalue weighted by molar-refractivity contribution is 5.18. The van der Waals surface area contributed by atoms with Crippen molar-refractivity contribution >= 4 is 0 Å². The molecule has 2 unspecified atom stereocenters. The van der Waals surface area contributed by atoms with Gasteiger partial charge in [0.2, 0.25) is 0 Å². The third-order valence-electron chi connectivity index (χ3n) is 2.55. The SMILES string of the molecule is CCC(C)(O)C(O)c1ccc(C)nc1. The van der Waals surface area contributed by atoms with E-state index in [1.807, 2.05) is 19.9 Å². The number of rotatable bonds is 3. The molecule has 0 bridgehead atoms. The largest absolute Gasteiger partial charge is 0.387 e. The van der Waals surface area contributed by atoms with Gasteiger partial charge in [0.1, 0.15) is 6.10 Å². The smallest absolute Gasteiger partial charge is 0.109 e. The van der Waals surface area contributed by atoms with Gasteiger partial charge < -0.3 is 10.2 Å². The van der Waals surface area contributed by atoms with Crippen LogP contribution in [0.15, 0.2) is 18.3 Å². The molecule has 0 aliphatic carbocycles. The summed E-state index contributed by atoms with van der Waals surface area (Å²) in [7, 11) is 0. The van der Waals surface area contributed by atoms with Gasteiger partial charge in [0.15, 0.2) is 0 Å². The summed E-state index contributed by atoms with van der Waals surface area (Å²) in [6, 6.07) is 3.61. The molecule has 78 valence electrons. The van der Waals surface area contributed by atoms with Gasteiger partial charge in [0, 0.05) is 17.5 Å². The van der Waals surface area contributed by atoms with Gasteiger partial charge in [0.25, 0.3) is 0 Å². The quantitative estimate of drug-likeness (QED) is 0.770. The fraction of sp³-hybridized carbons (Fsp3) is 0.545. The molecule has 0 aromatic carbocycles. The van der Waals surface area contributed by atoms with E-state index in [4.69, 9.17) is 0 Å². The Morgan fingerprint density at radius 2 is 2.14 bits per heavy atom. The molecule has 0 spiro atoms. The van der Waals surface area contributed by atoms with E-state index in [-0.39, 0.29) is 0 Å². The fourth-order valence-electron chi connectivity index (χ4n) is 1.19. The first-order valence-corrected chi connectivity index (χ1v) is 4.80. The third kappa shape index (κ3) is 2.30. The first-order valence-electron chi connectivity index (χ1n) is 4.80. The number of aliphatic hydroxyl groups excluding tert-OH is 1. The lowest BCUT2D eigenvalue weighted by Crippen LogP contribution is -2.31. The second kappa shape index (κ2) is 4.07. The lowest BCUT2D eigenvalue weighted by molar-refractivity contribution is -0.0660. The van der Waals surface area contributed by atoms with Crippen LogP contribution in [0.1, 0.15) is 37.6 Å². The highest BCUT2D eigenvalue weighted by Crippen LogP contribution is 2.27. The van der Waals surface area contributed by atoms with Crippen LogP contribution >= 0.6 is 0 Å². The molecule has 1 rings (SSSR count). The van der Waals surface area contributed by atoms with Crippen LogP contribution in [0.25, 0.3) is 0 Å². The molecule has 2 atom stereocenters. The van der Waals surface area contributed by atoms with Crippen molar-refractivity contribution in [1.29, 1.82) is 0 Å². The number of aromatic nitrogens is 1. The number of aliphatic hydroxyl groups is 2. The standard InChI is InChI=1S/C11H17NO2/c1-4-11(3,14)10(13)9-6-5-8(2)12-7-9/h5-7,10,13-14H,4H2,1-3H3. The van der Waals surface area contributed by atoms with Crippen LogP contribution in [0.4, 0.5) is 0 Å². The summed E-state index contributed by atoms with van der Waals surface area (Å²) >= 11 is 0. The number of hydrogen-bond donors (Lipinski definition) is 2. The van der Waals surface area contributed by atoms with Gasteiger partial charge >= 0.3 is 0 Å². The molecule has 1 aromatic heterocycles. The topological polar surface area (TPSA) is 53.4 Å². The van der Waals surface area contributed by atoms with E-state index in [1.165, 1.54) is 0 Å². The van der Waals surface area contributed by atoms with Crippen molar-refractivity contribution in [3.63, 3.8) is 0 Å². The lowest BCUT2D eigenvalue weighted by Gasteiger charge is -2.27. The van der Waals surface area contributed by atoms with Gasteiger partial charge in [-0.3, -0.25) is 4.98 Å². The minimum absolute atomic E-state index is 0.502. The van der Waals surface area contributed by atoms with Crippen LogP contribution in [0, 0.1) is 6.92 Å². The maximum Gasteiger partial charge on any atom is 0.109 e. The minimum Gasteiger partial charge on any atom is -0.387 e. The summed E-state index contributed by atoms with van der Waals surface area (Å²) in [6.45, 7) is 5.34. The Kier molecular flexibility index (Phi) is 3.24. The molecule has 0 saturated heterocycles. The van der Waals surface area contributed by atoms with Crippen LogP contribution in [-0.2, 0) is 0 Å². The molecule has 0 radical (unpaired) electrons. The maximum atomic E-state index is 9.85. The van der Waals surface area contributed by atoms with E-state index in [2.05, 4.69) is 4.98 Å². The molecule has 3 nitrogen and oxygen atoms in total. The molecule has 2 N–H and O–H groups in total. The minimum atomic E-state index is -1.09. The Labute approximate surface area is 84.4 Å². The second-order valence-electron chi connectivity index (χ2n) is 3.85. The molecule has 3 heteroatoms. The summed E-state index contributed by atoms with van der Waals surface area (Å²) in [5.74, 6) is 0. The zero-order chi connectivity index (χ0) is 10.8. The Bertz CT molecular complexity index is 293. The summed E-state index contributed by atoms with van der Waals surface area (Å²) in [6.07, 6.45) is 1.23. The maximum absolute atomic E-state index is 9.85. The summed E-state index contributed by atoms with van der Waals surface area (Å²) in [5.41, 5.74) is 0.469. The van der Waals surface area contributed by atoms with Gasteiger partial charge in [0.05, 0.1) is 5.60 Å². The van der Waals surface area contributed by atoms with Crippen molar-refractivity contribution in [2.75, 3.05) is 0 Å². The molecular weight excluding hydrogens is 178 g/mol. The molecule has 0 fully saturated rings. The van der Waals surface area contributed by atoms with E-state index in [0.717, 1.165) is 5.69 Å². The molecule has 1 heterocycles. The Balaban J connectivity index is 2.89. The van der Waals surface area contributed by atoms with Crippen LogP contribution in [0.3, 0.4) is 0 Å². The number of pyridine rings is 1. The molecule has 0 aliphatic heterocycles. The summed E-state index contributed by atoms with van der Waals surface area (Å²) in [5, 5.41) is 19.7. The van der Waals surface area contributed by atoms with Crippen LogP contribution < -0.4 is 0 Å². The van der Waals surface area contributed by atoms with Crippen molar-refractivity contribution < 1.29 is 10.2 Å². The highest BCUT2D eigenvalue weighted by atomic mass is 16.3. The van der Waals surface area contributed by atoms with Gasteiger partial charge in [-0.05, 0) is 26.3 Å². The van der Waals surface area contributed by atoms with Crippen LogP contribution in [-0.4, -0.2) is 20.8 Å². The molecule has 1 aromatic rings. The Hall–Kier alpha value is -0.930. The zero-order valence-corrected chi connectivity index (χ0v) is 8.86. The molecular formula is C11H17NO2. The average Bonchev–Trinajstić information content (AvgIpc) is 2.18. The predicted molar refractivity (Wildman–Crippen MR) is 54.8 cm³/mol. The Morgan fingerprint density at radius 3 is 2.57 bits per heavy atom. The van der Waals surface area contributed by atoms with E-state index >= 15 is 0 Å². The van der Waals surface area contributed by atoms with Crippen LogP contribution in [0.2, 0.25) is 0 Å². The monoisotopic (exact) mass is 195 g/mol. The molecule has 0 saturated carbocycles. The summed E-state index contributed by atoms with van der Waals surface area (Å²) in [4.78, 5) is 4.08. The fourth-order valence-corrected chi connectivity index (χ4v) is 1.19. The number of nitrogens with zero attached hydrogens (tertiary/aromatic N) is 1. The van der Waals surface area contributed by atoms with Crippen molar-refractivity contribution in [3.8, 4) is 0 Å². The van der Waals surface area contributed by atoms with Gasteiger partial charge in [-0.25, -0.2) is 0 Å². The molecule has 14 heavy (non-hydrogen) atoms. The third-order valence-corrected chi connectivity index (χ3v) is 2.55. The first-order chi connectivity index (χ1) is 6.47. The zero-order valence-electron chi connectivity index (χ0n) is 8.86. The molecule has 0 aliphatic rings. The molecule has 0 amide bonds. The van der Waals surface area contributed by atoms with Crippen molar-refractivity contribution in [1.82, 2.24) is 4.98 Å². The normalized spacial score (nSPS) is 17.5. The average molecular weight is 195 g/mol. The highest BCUT2D eigenvalue weighted by Gasteiger charge is 2.29. The van der Waals surface area contributed by atoms with Crippen molar-refractivity contribution in [2.45, 2.75) is 38.9 Å². The van der Waals surface area contributed by atoms with E-state index < -0.39 is 11.7 Å². The van der Waals surface area contributed by atoms with E-state index in [1.54, 1.807) is 19.2 Å². The van der Waals surface area contributed by atoms with Crippen LogP contribution in [0.5, 0.6) is 0 Å². The number of hydrogen-bond acceptors (Lipinski definition) is 3. The van der Waals surface area contributed by atoms with Gasteiger partial charge in [-0.2, -0.15) is 0 Å². The van der Waals surface area contributed by atoms with E-state index in [9.17, 15) is 10.2 Å². The first kappa shape index (κ1) is 11.1. The van der Waals surface area contributed by atoms with Crippen molar-refractivity contribution in [2.24, 2.45) is 0 Å². The second-order valence-corrected chi connectivity index (χ2v) is 3.85. The van der Waals surface area contributed by atoms with Crippen molar-refractivity contribution in [3.05, 3.63) is 29.6 Å². The number of aryl methyl sites for hydroxylation is 1. The van der Waals surface area contributed by atoms with Gasteiger partial charge in [-0.1, -0.05) is 13.0 Å². The van der Waals surface area contributed by atoms with E-state index in [0.29, 0.717) is 12.0 Å². The lowest BCUT2D eigenvalue weighted by atomic mass is 9.91.